The Bertz CT molecular complexity index is 739. The molecule has 1 aromatic heterocycles. The maximum Gasteiger partial charge on any atom is 0.247 e. The summed E-state index contributed by atoms with van der Waals surface area (Å²) < 4.78 is 22.4. The third-order valence-corrected chi connectivity index (χ3v) is 5.43. The van der Waals surface area contributed by atoms with Gasteiger partial charge < -0.3 is 5.32 Å². The summed E-state index contributed by atoms with van der Waals surface area (Å²) in [5.74, 6) is -0.150. The van der Waals surface area contributed by atoms with Crippen molar-refractivity contribution in [2.24, 2.45) is 5.14 Å². The van der Waals surface area contributed by atoms with Gasteiger partial charge in [0.25, 0.3) is 0 Å². The fourth-order valence-corrected chi connectivity index (χ4v) is 3.49. The number of carbonyl (C=O) groups is 1. The highest BCUT2D eigenvalue weighted by Gasteiger charge is 2.11. The Balaban J connectivity index is 1.89. The molecule has 112 valence electrons. The number of sulfonamides is 1. The molecule has 0 radical (unpaired) electrons. The summed E-state index contributed by atoms with van der Waals surface area (Å²) in [7, 11) is -3.68. The van der Waals surface area contributed by atoms with Gasteiger partial charge in [-0.15, -0.1) is 11.3 Å². The molecule has 21 heavy (non-hydrogen) atoms. The minimum atomic E-state index is -3.68. The lowest BCUT2D eigenvalue weighted by atomic mass is 10.1. The SMILES string of the molecule is NS(=O)(=O)c1ccc(CNC(=O)Cc2ccc(Cl)cc2)s1. The third kappa shape index (κ3) is 4.82. The molecule has 1 amide bonds. The van der Waals surface area contributed by atoms with Crippen LogP contribution in [0.3, 0.4) is 0 Å². The summed E-state index contributed by atoms with van der Waals surface area (Å²) in [6, 6.07) is 10.1. The number of halogens is 1. The standard InChI is InChI=1S/C13H13ClN2O3S2/c14-10-3-1-9(2-4-10)7-12(17)16-8-11-5-6-13(20-11)21(15,18)19/h1-6H,7-8H2,(H,16,17)(H2,15,18,19). The largest absolute Gasteiger partial charge is 0.351 e. The van der Waals surface area contributed by atoms with E-state index in [1.54, 1.807) is 30.3 Å². The van der Waals surface area contributed by atoms with Crippen LogP contribution in [0, 0.1) is 0 Å². The Labute approximate surface area is 131 Å². The third-order valence-electron chi connectivity index (χ3n) is 2.66. The summed E-state index contributed by atoms with van der Waals surface area (Å²) in [6.07, 6.45) is 0.241. The van der Waals surface area contributed by atoms with E-state index >= 15 is 0 Å². The van der Waals surface area contributed by atoms with Crippen LogP contribution in [0.25, 0.3) is 0 Å². The van der Waals surface area contributed by atoms with Crippen LogP contribution in [0.15, 0.2) is 40.6 Å². The minimum Gasteiger partial charge on any atom is -0.351 e. The molecule has 0 unspecified atom stereocenters. The van der Waals surface area contributed by atoms with Crippen molar-refractivity contribution in [1.82, 2.24) is 5.32 Å². The van der Waals surface area contributed by atoms with Crippen molar-refractivity contribution < 1.29 is 13.2 Å². The van der Waals surface area contributed by atoms with Crippen molar-refractivity contribution in [3.8, 4) is 0 Å². The van der Waals surface area contributed by atoms with E-state index in [9.17, 15) is 13.2 Å². The van der Waals surface area contributed by atoms with Gasteiger partial charge in [0.05, 0.1) is 13.0 Å². The van der Waals surface area contributed by atoms with Gasteiger partial charge in [-0.05, 0) is 29.8 Å². The van der Waals surface area contributed by atoms with Gasteiger partial charge in [0.1, 0.15) is 4.21 Å². The molecule has 1 aromatic carbocycles. The van der Waals surface area contributed by atoms with Crippen molar-refractivity contribution in [3.63, 3.8) is 0 Å². The Morgan fingerprint density at radius 3 is 2.43 bits per heavy atom. The highest BCUT2D eigenvalue weighted by atomic mass is 35.5. The first kappa shape index (κ1) is 16.0. The highest BCUT2D eigenvalue weighted by Crippen LogP contribution is 2.20. The van der Waals surface area contributed by atoms with E-state index in [0.29, 0.717) is 5.02 Å². The predicted octanol–water partition coefficient (Wildman–Crippen LogP) is 1.91. The fourth-order valence-electron chi connectivity index (χ4n) is 1.64. The number of nitrogens with one attached hydrogen (secondary N) is 1. The number of hydrogen-bond acceptors (Lipinski definition) is 4. The lowest BCUT2D eigenvalue weighted by molar-refractivity contribution is -0.120. The molecule has 5 nitrogen and oxygen atoms in total. The van der Waals surface area contributed by atoms with Crippen molar-refractivity contribution in [2.75, 3.05) is 0 Å². The van der Waals surface area contributed by atoms with Gasteiger partial charge in [0, 0.05) is 9.90 Å². The number of hydrogen-bond donors (Lipinski definition) is 2. The van der Waals surface area contributed by atoms with Gasteiger partial charge in [0.15, 0.2) is 0 Å². The van der Waals surface area contributed by atoms with Gasteiger partial charge in [-0.3, -0.25) is 4.79 Å². The molecule has 2 rings (SSSR count). The number of rotatable bonds is 5. The molecular formula is C13H13ClN2O3S2. The number of benzene rings is 1. The van der Waals surface area contributed by atoms with E-state index < -0.39 is 10.0 Å². The van der Waals surface area contributed by atoms with Crippen LogP contribution < -0.4 is 10.5 Å². The van der Waals surface area contributed by atoms with Crippen LogP contribution in [0.5, 0.6) is 0 Å². The van der Waals surface area contributed by atoms with E-state index in [0.717, 1.165) is 21.8 Å². The van der Waals surface area contributed by atoms with Crippen LogP contribution >= 0.6 is 22.9 Å². The fraction of sp³-hybridized carbons (Fsp3) is 0.154. The lowest BCUT2D eigenvalue weighted by Gasteiger charge is -2.04. The van der Waals surface area contributed by atoms with E-state index in [-0.39, 0.29) is 23.1 Å². The second kappa shape index (κ2) is 6.57. The second-order valence-electron chi connectivity index (χ2n) is 4.35. The van der Waals surface area contributed by atoms with Crippen LogP contribution in [-0.4, -0.2) is 14.3 Å². The molecular weight excluding hydrogens is 332 g/mol. The Morgan fingerprint density at radius 2 is 1.86 bits per heavy atom. The average Bonchev–Trinajstić information content (AvgIpc) is 2.88. The maximum atomic E-state index is 11.8. The number of nitrogens with two attached hydrogens (primary N) is 1. The van der Waals surface area contributed by atoms with E-state index in [2.05, 4.69) is 5.32 Å². The van der Waals surface area contributed by atoms with Crippen molar-refractivity contribution in [2.45, 2.75) is 17.2 Å². The summed E-state index contributed by atoms with van der Waals surface area (Å²) >= 11 is 6.81. The molecule has 0 saturated carbocycles. The van der Waals surface area contributed by atoms with Crippen LogP contribution in [0.1, 0.15) is 10.4 Å². The van der Waals surface area contributed by atoms with Crippen LogP contribution in [0.2, 0.25) is 5.02 Å². The minimum absolute atomic E-state index is 0.0875. The van der Waals surface area contributed by atoms with Gasteiger partial charge in [-0.1, -0.05) is 23.7 Å². The zero-order valence-electron chi connectivity index (χ0n) is 10.9. The molecule has 0 atom stereocenters. The smallest absolute Gasteiger partial charge is 0.247 e. The normalized spacial score (nSPS) is 11.3. The van der Waals surface area contributed by atoms with E-state index in [4.69, 9.17) is 16.7 Å². The number of thiophene rings is 1. The Kier molecular flexibility index (Phi) is 5.00. The summed E-state index contributed by atoms with van der Waals surface area (Å²) in [6.45, 7) is 0.270. The van der Waals surface area contributed by atoms with Gasteiger partial charge in [-0.25, -0.2) is 13.6 Å². The predicted molar refractivity (Wildman–Crippen MR) is 82.7 cm³/mol. The van der Waals surface area contributed by atoms with Crippen LogP contribution in [0.4, 0.5) is 0 Å². The zero-order chi connectivity index (χ0) is 15.5. The molecule has 0 aliphatic heterocycles. The number of amides is 1. The monoisotopic (exact) mass is 344 g/mol. The van der Waals surface area contributed by atoms with E-state index in [1.807, 2.05) is 0 Å². The number of carbonyl (C=O) groups excluding carboxylic acids is 1. The molecule has 2 aromatic rings. The van der Waals surface area contributed by atoms with Crippen molar-refractivity contribution >= 4 is 38.9 Å². The van der Waals surface area contributed by atoms with Crippen LogP contribution in [-0.2, 0) is 27.8 Å². The molecule has 0 aliphatic rings. The first-order valence-electron chi connectivity index (χ1n) is 5.97. The van der Waals surface area contributed by atoms with Gasteiger partial charge >= 0.3 is 0 Å². The molecule has 1 heterocycles. The topological polar surface area (TPSA) is 89.3 Å². The van der Waals surface area contributed by atoms with Gasteiger partial charge in [-0.2, -0.15) is 0 Å². The highest BCUT2D eigenvalue weighted by molar-refractivity contribution is 7.91. The molecule has 0 bridgehead atoms. The molecule has 0 aliphatic carbocycles. The zero-order valence-corrected chi connectivity index (χ0v) is 13.3. The molecule has 0 saturated heterocycles. The average molecular weight is 345 g/mol. The summed E-state index contributed by atoms with van der Waals surface area (Å²) in [5.41, 5.74) is 0.855. The Hall–Kier alpha value is -1.41. The Morgan fingerprint density at radius 1 is 1.19 bits per heavy atom. The van der Waals surface area contributed by atoms with E-state index in [1.165, 1.54) is 6.07 Å². The molecule has 0 spiro atoms. The molecule has 0 fully saturated rings. The summed E-state index contributed by atoms with van der Waals surface area (Å²) in [5, 5.41) is 8.37. The first-order chi connectivity index (χ1) is 9.84. The second-order valence-corrected chi connectivity index (χ2v) is 7.74. The van der Waals surface area contributed by atoms with Gasteiger partial charge in [0.2, 0.25) is 15.9 Å². The first-order valence-corrected chi connectivity index (χ1v) is 8.71. The summed E-state index contributed by atoms with van der Waals surface area (Å²) in [4.78, 5) is 12.5. The van der Waals surface area contributed by atoms with Crippen molar-refractivity contribution in [3.05, 3.63) is 51.9 Å². The quantitative estimate of drug-likeness (QED) is 0.868. The lowest BCUT2D eigenvalue weighted by Crippen LogP contribution is -2.24. The molecule has 8 heteroatoms. The maximum absolute atomic E-state index is 11.8. The number of primary sulfonamides is 1. The molecule has 3 N–H and O–H groups in total. The van der Waals surface area contributed by atoms with Crippen molar-refractivity contribution in [1.29, 1.82) is 0 Å².